The normalized spacial score (nSPS) is 12.7. The fourth-order valence-electron chi connectivity index (χ4n) is 9.28. The zero-order valence-electron chi connectivity index (χ0n) is 31.2. The van der Waals surface area contributed by atoms with Gasteiger partial charge < -0.3 is 0 Å². The van der Waals surface area contributed by atoms with E-state index in [9.17, 15) is 0 Å². The maximum atomic E-state index is 5.06. The molecule has 1 aliphatic rings. The third-order valence-corrected chi connectivity index (χ3v) is 11.8. The van der Waals surface area contributed by atoms with Crippen molar-refractivity contribution in [2.75, 3.05) is 0 Å². The van der Waals surface area contributed by atoms with Crippen LogP contribution in [0, 0.1) is 0 Å². The van der Waals surface area contributed by atoms with Gasteiger partial charge >= 0.3 is 0 Å². The van der Waals surface area contributed by atoms with Crippen molar-refractivity contribution in [2.45, 2.75) is 5.41 Å². The quantitative estimate of drug-likeness (QED) is 0.171. The molecule has 2 nitrogen and oxygen atoms in total. The van der Waals surface area contributed by atoms with Crippen molar-refractivity contribution < 1.29 is 0 Å². The van der Waals surface area contributed by atoms with Gasteiger partial charge in [-0.25, -0.2) is 0 Å². The molecule has 0 fully saturated rings. The summed E-state index contributed by atoms with van der Waals surface area (Å²) in [6.45, 7) is 0. The molecular weight excluding hydrogens is 689 g/mol. The summed E-state index contributed by atoms with van der Waals surface area (Å²) in [7, 11) is 0. The number of fused-ring (bicyclic) bond motifs is 5. The van der Waals surface area contributed by atoms with Crippen LogP contribution >= 0.6 is 0 Å². The SMILES string of the molecule is c1ccc(-c2ccnc(-c3cc(C4(c5cc(-c6cc(-c7ccccc7)ccn6)c6ccccc6c5)c5ccccc5-c5ccccc54)cc4ccccc34)c2)cc1. The number of pyridine rings is 2. The van der Waals surface area contributed by atoms with Crippen LogP contribution in [-0.2, 0) is 5.41 Å². The topological polar surface area (TPSA) is 25.8 Å². The summed E-state index contributed by atoms with van der Waals surface area (Å²) < 4.78 is 0. The van der Waals surface area contributed by atoms with Crippen LogP contribution in [0.25, 0.3) is 77.4 Å². The molecule has 10 aromatic rings. The average Bonchev–Trinajstić information content (AvgIpc) is 3.60. The van der Waals surface area contributed by atoms with Crippen LogP contribution in [0.1, 0.15) is 22.3 Å². The van der Waals surface area contributed by atoms with E-state index < -0.39 is 5.41 Å². The van der Waals surface area contributed by atoms with Crippen LogP contribution in [0.3, 0.4) is 0 Å². The summed E-state index contributed by atoms with van der Waals surface area (Å²) >= 11 is 0. The minimum absolute atomic E-state index is 0.654. The Hall–Kier alpha value is -7.42. The van der Waals surface area contributed by atoms with Crippen LogP contribution < -0.4 is 0 Å². The van der Waals surface area contributed by atoms with Gasteiger partial charge in [0.15, 0.2) is 0 Å². The molecule has 0 N–H and O–H groups in total. The molecule has 266 valence electrons. The van der Waals surface area contributed by atoms with E-state index in [1.54, 1.807) is 0 Å². The lowest BCUT2D eigenvalue weighted by molar-refractivity contribution is 0.772. The molecule has 0 bridgehead atoms. The van der Waals surface area contributed by atoms with E-state index >= 15 is 0 Å². The highest BCUT2D eigenvalue weighted by atomic mass is 14.7. The maximum Gasteiger partial charge on any atom is 0.0714 e. The highest BCUT2D eigenvalue weighted by molar-refractivity contribution is 6.01. The third kappa shape index (κ3) is 5.33. The average molecular weight is 725 g/mol. The molecule has 0 amide bonds. The number of rotatable bonds is 6. The molecule has 0 saturated carbocycles. The molecule has 57 heavy (non-hydrogen) atoms. The number of hydrogen-bond acceptors (Lipinski definition) is 2. The van der Waals surface area contributed by atoms with Gasteiger partial charge in [0, 0.05) is 23.5 Å². The summed E-state index contributed by atoms with van der Waals surface area (Å²) in [5.41, 5.74) is 15.6. The van der Waals surface area contributed by atoms with Crippen molar-refractivity contribution in [1.82, 2.24) is 9.97 Å². The summed E-state index contributed by atoms with van der Waals surface area (Å²) in [6.07, 6.45) is 3.89. The molecule has 2 aromatic heterocycles. The molecule has 0 unspecified atom stereocenters. The van der Waals surface area contributed by atoms with Crippen molar-refractivity contribution in [2.24, 2.45) is 0 Å². The van der Waals surface area contributed by atoms with Gasteiger partial charge in [-0.3, -0.25) is 9.97 Å². The standard InChI is InChI=1S/C55H36N2/c1-3-15-37(16-4-1)39-27-29-56-53(33-39)49-35-43(31-41-19-7-9-21-45(41)49)55(51-25-13-11-23-47(51)48-24-12-14-26-52(48)55)44-32-42-20-8-10-22-46(42)50(36-44)54-34-40(28-30-57-54)38-17-5-2-6-18-38/h1-36H. The Labute approximate surface area is 332 Å². The third-order valence-electron chi connectivity index (χ3n) is 11.8. The molecule has 0 spiro atoms. The second-order valence-corrected chi connectivity index (χ2v) is 14.9. The predicted molar refractivity (Wildman–Crippen MR) is 236 cm³/mol. The lowest BCUT2D eigenvalue weighted by Gasteiger charge is -2.35. The first kappa shape index (κ1) is 33.0. The van der Waals surface area contributed by atoms with Crippen molar-refractivity contribution >= 4 is 21.5 Å². The molecule has 0 saturated heterocycles. The molecule has 11 rings (SSSR count). The number of hydrogen-bond donors (Lipinski definition) is 0. The van der Waals surface area contributed by atoms with Crippen molar-refractivity contribution in [3.63, 3.8) is 0 Å². The molecule has 1 aliphatic carbocycles. The van der Waals surface area contributed by atoms with E-state index in [4.69, 9.17) is 9.97 Å². The second kappa shape index (κ2) is 13.4. The minimum Gasteiger partial charge on any atom is -0.256 e. The smallest absolute Gasteiger partial charge is 0.0714 e. The largest absolute Gasteiger partial charge is 0.256 e. The van der Waals surface area contributed by atoms with Gasteiger partial charge in [0.1, 0.15) is 0 Å². The summed E-state index contributed by atoms with van der Waals surface area (Å²) in [6, 6.07) is 75.0. The highest BCUT2D eigenvalue weighted by Crippen LogP contribution is 2.57. The Balaban J connectivity index is 1.23. The zero-order chi connectivity index (χ0) is 37.8. The van der Waals surface area contributed by atoms with E-state index in [-0.39, 0.29) is 0 Å². The van der Waals surface area contributed by atoms with E-state index in [0.717, 1.165) is 33.6 Å². The van der Waals surface area contributed by atoms with E-state index in [0.29, 0.717) is 0 Å². The zero-order valence-corrected chi connectivity index (χ0v) is 31.2. The maximum absolute atomic E-state index is 5.06. The summed E-state index contributed by atoms with van der Waals surface area (Å²) in [5, 5.41) is 4.71. The Kier molecular flexibility index (Phi) is 7.75. The van der Waals surface area contributed by atoms with Crippen molar-refractivity contribution in [3.05, 3.63) is 241 Å². The number of benzene rings is 8. The highest BCUT2D eigenvalue weighted by Gasteiger charge is 2.46. The van der Waals surface area contributed by atoms with E-state index in [1.807, 2.05) is 12.4 Å². The van der Waals surface area contributed by atoms with Crippen molar-refractivity contribution in [3.8, 4) is 55.9 Å². The second-order valence-electron chi connectivity index (χ2n) is 14.9. The first-order chi connectivity index (χ1) is 28.3. The molecule has 0 aliphatic heterocycles. The van der Waals surface area contributed by atoms with Crippen LogP contribution in [0.5, 0.6) is 0 Å². The van der Waals surface area contributed by atoms with Gasteiger partial charge in [-0.05, 0) is 126 Å². The molecule has 0 radical (unpaired) electrons. The first-order valence-corrected chi connectivity index (χ1v) is 19.6. The summed E-state index contributed by atoms with van der Waals surface area (Å²) in [4.78, 5) is 10.1. The minimum atomic E-state index is -0.654. The summed E-state index contributed by atoms with van der Waals surface area (Å²) in [5.74, 6) is 0. The monoisotopic (exact) mass is 724 g/mol. The first-order valence-electron chi connectivity index (χ1n) is 19.6. The molecule has 2 heterocycles. The lowest BCUT2D eigenvalue weighted by atomic mass is 9.66. The molecule has 0 atom stereocenters. The van der Waals surface area contributed by atoms with E-state index in [2.05, 4.69) is 206 Å². The lowest BCUT2D eigenvalue weighted by Crippen LogP contribution is -2.29. The Morgan fingerprint density at radius 3 is 1.18 bits per heavy atom. The molecule has 2 heteroatoms. The molecule has 8 aromatic carbocycles. The van der Waals surface area contributed by atoms with Gasteiger partial charge in [-0.15, -0.1) is 0 Å². The Morgan fingerprint density at radius 1 is 0.298 bits per heavy atom. The Morgan fingerprint density at radius 2 is 0.702 bits per heavy atom. The van der Waals surface area contributed by atoms with Gasteiger partial charge in [0.05, 0.1) is 16.8 Å². The molecular formula is C55H36N2. The van der Waals surface area contributed by atoms with Crippen LogP contribution in [0.4, 0.5) is 0 Å². The van der Waals surface area contributed by atoms with Gasteiger partial charge in [0.25, 0.3) is 0 Å². The van der Waals surface area contributed by atoms with E-state index in [1.165, 1.54) is 66.1 Å². The van der Waals surface area contributed by atoms with Crippen LogP contribution in [-0.4, -0.2) is 9.97 Å². The van der Waals surface area contributed by atoms with Gasteiger partial charge in [-0.1, -0.05) is 158 Å². The predicted octanol–water partition coefficient (Wildman–Crippen LogP) is 13.8. The Bertz CT molecular complexity index is 2910. The fourth-order valence-corrected chi connectivity index (χ4v) is 9.28. The fraction of sp³-hybridized carbons (Fsp3) is 0.0182. The van der Waals surface area contributed by atoms with Gasteiger partial charge in [-0.2, -0.15) is 0 Å². The van der Waals surface area contributed by atoms with Gasteiger partial charge in [0.2, 0.25) is 0 Å². The number of nitrogens with zero attached hydrogens (tertiary/aromatic N) is 2. The van der Waals surface area contributed by atoms with Crippen molar-refractivity contribution in [1.29, 1.82) is 0 Å². The number of aromatic nitrogens is 2. The van der Waals surface area contributed by atoms with Crippen LogP contribution in [0.15, 0.2) is 219 Å². The van der Waals surface area contributed by atoms with Crippen LogP contribution in [0.2, 0.25) is 0 Å².